The molecule has 1 atom stereocenters. The molecular weight excluding hydrogens is 430 g/mol. The van der Waals surface area contributed by atoms with Crippen molar-refractivity contribution >= 4 is 15.9 Å². The van der Waals surface area contributed by atoms with Gasteiger partial charge in [0.15, 0.2) is 0 Å². The number of nitrogens with zero attached hydrogens (tertiary/aromatic N) is 2. The summed E-state index contributed by atoms with van der Waals surface area (Å²) in [4.78, 5) is 14.9. The van der Waals surface area contributed by atoms with Crippen LogP contribution in [0.15, 0.2) is 47.4 Å². The van der Waals surface area contributed by atoms with Crippen molar-refractivity contribution in [3.05, 3.63) is 53.6 Å². The number of sulfonamides is 1. The van der Waals surface area contributed by atoms with E-state index in [9.17, 15) is 13.2 Å². The molecule has 0 aromatic heterocycles. The predicted molar refractivity (Wildman–Crippen MR) is 122 cm³/mol. The van der Waals surface area contributed by atoms with Crippen molar-refractivity contribution in [2.75, 3.05) is 46.9 Å². The average molecular weight is 462 g/mol. The van der Waals surface area contributed by atoms with Crippen molar-refractivity contribution in [3.63, 3.8) is 0 Å². The van der Waals surface area contributed by atoms with Gasteiger partial charge in [-0.15, -0.1) is 0 Å². The molecule has 32 heavy (non-hydrogen) atoms. The minimum absolute atomic E-state index is 0.120. The lowest BCUT2D eigenvalue weighted by molar-refractivity contribution is -0.123. The van der Waals surface area contributed by atoms with Gasteiger partial charge in [0.1, 0.15) is 11.5 Å². The zero-order chi connectivity index (χ0) is 23.3. The van der Waals surface area contributed by atoms with E-state index in [0.29, 0.717) is 42.6 Å². The summed E-state index contributed by atoms with van der Waals surface area (Å²) < 4.78 is 37.8. The summed E-state index contributed by atoms with van der Waals surface area (Å²) in [7, 11) is -0.348. The second-order valence-electron chi connectivity index (χ2n) is 7.89. The maximum Gasteiger partial charge on any atom is 0.243 e. The first kappa shape index (κ1) is 24.0. The Hall–Kier alpha value is -2.62. The lowest BCUT2D eigenvalue weighted by atomic mass is 10.1. The number of rotatable bonds is 8. The number of carbonyl (C=O) groups excluding carboxylic acids is 1. The Balaban J connectivity index is 1.54. The third kappa shape index (κ3) is 5.59. The van der Waals surface area contributed by atoms with Crippen LogP contribution in [0.5, 0.6) is 11.5 Å². The lowest BCUT2D eigenvalue weighted by Gasteiger charge is -2.33. The molecule has 0 saturated carbocycles. The van der Waals surface area contributed by atoms with E-state index in [0.717, 1.165) is 11.1 Å². The van der Waals surface area contributed by atoms with Crippen molar-refractivity contribution in [1.82, 2.24) is 14.5 Å². The Labute approximate surface area is 190 Å². The Kier molecular flexibility index (Phi) is 7.76. The molecule has 8 nitrogen and oxygen atoms in total. The van der Waals surface area contributed by atoms with Gasteiger partial charge in [-0.25, -0.2) is 8.42 Å². The van der Waals surface area contributed by atoms with Gasteiger partial charge in [0.2, 0.25) is 15.9 Å². The molecule has 1 aliphatic rings. The van der Waals surface area contributed by atoms with Gasteiger partial charge in [-0.05, 0) is 38.1 Å². The van der Waals surface area contributed by atoms with Gasteiger partial charge >= 0.3 is 0 Å². The molecular formula is C23H31N3O5S. The van der Waals surface area contributed by atoms with Crippen LogP contribution >= 0.6 is 0 Å². The molecule has 0 bridgehead atoms. The van der Waals surface area contributed by atoms with E-state index < -0.39 is 10.0 Å². The SMILES string of the molecule is COc1ccc(C(C)NC(=O)CN2CCN(S(=O)(=O)c3ccc(C)cc3)CC2)c(OC)c1. The van der Waals surface area contributed by atoms with Gasteiger partial charge in [-0.1, -0.05) is 17.7 Å². The lowest BCUT2D eigenvalue weighted by Crippen LogP contribution is -2.51. The summed E-state index contributed by atoms with van der Waals surface area (Å²) in [5, 5.41) is 2.99. The van der Waals surface area contributed by atoms with Crippen LogP contribution in [0, 0.1) is 6.92 Å². The van der Waals surface area contributed by atoms with E-state index in [1.807, 2.05) is 30.9 Å². The molecule has 9 heteroatoms. The van der Waals surface area contributed by atoms with Gasteiger partial charge < -0.3 is 14.8 Å². The van der Waals surface area contributed by atoms with Crippen molar-refractivity contribution in [2.24, 2.45) is 0 Å². The highest BCUT2D eigenvalue weighted by atomic mass is 32.2. The normalized spacial score (nSPS) is 16.4. The molecule has 1 N–H and O–H groups in total. The molecule has 1 saturated heterocycles. The van der Waals surface area contributed by atoms with Crippen LogP contribution in [0.2, 0.25) is 0 Å². The van der Waals surface area contributed by atoms with Crippen LogP contribution in [0.1, 0.15) is 24.1 Å². The number of carbonyl (C=O) groups is 1. The molecule has 2 aromatic carbocycles. The van der Waals surface area contributed by atoms with Crippen molar-refractivity contribution in [3.8, 4) is 11.5 Å². The molecule has 1 amide bonds. The second kappa shape index (κ2) is 10.3. The summed E-state index contributed by atoms with van der Waals surface area (Å²) in [6, 6.07) is 12.1. The van der Waals surface area contributed by atoms with Gasteiger partial charge in [-0.3, -0.25) is 9.69 Å². The zero-order valence-electron chi connectivity index (χ0n) is 19.0. The number of methoxy groups -OCH3 is 2. The Bertz CT molecular complexity index is 1030. The molecule has 1 fully saturated rings. The van der Waals surface area contributed by atoms with Gasteiger partial charge in [0.05, 0.1) is 31.7 Å². The van der Waals surface area contributed by atoms with Gasteiger partial charge in [0, 0.05) is 37.8 Å². The third-order valence-corrected chi connectivity index (χ3v) is 7.55. The summed E-state index contributed by atoms with van der Waals surface area (Å²) in [6.45, 7) is 5.73. The van der Waals surface area contributed by atoms with Crippen LogP contribution in [0.4, 0.5) is 0 Å². The Morgan fingerprint density at radius 3 is 2.28 bits per heavy atom. The van der Waals surface area contributed by atoms with Crippen LogP contribution in [-0.2, 0) is 14.8 Å². The second-order valence-corrected chi connectivity index (χ2v) is 9.83. The minimum atomic E-state index is -3.52. The van der Waals surface area contributed by atoms with E-state index >= 15 is 0 Å². The summed E-state index contributed by atoms with van der Waals surface area (Å²) in [5.41, 5.74) is 1.87. The standard InChI is InChI=1S/C23H31N3O5S/c1-17-5-8-20(9-6-17)32(28,29)26-13-11-25(12-14-26)16-23(27)24-18(2)21-10-7-19(30-3)15-22(21)31-4/h5-10,15,18H,11-14,16H2,1-4H3,(H,24,27). The first-order chi connectivity index (χ1) is 15.2. The molecule has 174 valence electrons. The van der Waals surface area contributed by atoms with Crippen LogP contribution < -0.4 is 14.8 Å². The number of aryl methyl sites for hydroxylation is 1. The molecule has 0 radical (unpaired) electrons. The number of amides is 1. The van der Waals surface area contributed by atoms with Crippen molar-refractivity contribution in [2.45, 2.75) is 24.8 Å². The number of benzene rings is 2. The fraction of sp³-hybridized carbons (Fsp3) is 0.435. The third-order valence-electron chi connectivity index (χ3n) is 5.64. The Morgan fingerprint density at radius 1 is 1.03 bits per heavy atom. The van der Waals surface area contributed by atoms with Gasteiger partial charge in [0.25, 0.3) is 0 Å². The molecule has 1 heterocycles. The van der Waals surface area contributed by atoms with E-state index in [2.05, 4.69) is 5.32 Å². The average Bonchev–Trinajstić information content (AvgIpc) is 2.79. The van der Waals surface area contributed by atoms with Crippen LogP contribution in [0.3, 0.4) is 0 Å². The molecule has 0 aliphatic carbocycles. The number of ether oxygens (including phenoxy) is 2. The van der Waals surface area contributed by atoms with Gasteiger partial charge in [-0.2, -0.15) is 4.31 Å². The Morgan fingerprint density at radius 2 is 1.69 bits per heavy atom. The first-order valence-corrected chi connectivity index (χ1v) is 12.0. The molecule has 1 aliphatic heterocycles. The van der Waals surface area contributed by atoms with E-state index in [1.165, 1.54) is 4.31 Å². The zero-order valence-corrected chi connectivity index (χ0v) is 19.8. The summed E-state index contributed by atoms with van der Waals surface area (Å²) in [6.07, 6.45) is 0. The topological polar surface area (TPSA) is 88.2 Å². The molecule has 2 aromatic rings. The van der Waals surface area contributed by atoms with Crippen LogP contribution in [0.25, 0.3) is 0 Å². The molecule has 0 spiro atoms. The molecule has 1 unspecified atom stereocenters. The quantitative estimate of drug-likeness (QED) is 0.649. The summed E-state index contributed by atoms with van der Waals surface area (Å²) >= 11 is 0. The largest absolute Gasteiger partial charge is 0.497 e. The van der Waals surface area contributed by atoms with E-state index in [1.54, 1.807) is 44.6 Å². The van der Waals surface area contributed by atoms with E-state index in [4.69, 9.17) is 9.47 Å². The van der Waals surface area contributed by atoms with Crippen LogP contribution in [-0.4, -0.2) is 70.5 Å². The fourth-order valence-corrected chi connectivity index (χ4v) is 5.15. The smallest absolute Gasteiger partial charge is 0.243 e. The van der Waals surface area contributed by atoms with Crippen molar-refractivity contribution in [1.29, 1.82) is 0 Å². The maximum absolute atomic E-state index is 12.8. The maximum atomic E-state index is 12.8. The predicted octanol–water partition coefficient (Wildman–Crippen LogP) is 2.20. The number of hydrogen-bond acceptors (Lipinski definition) is 6. The highest BCUT2D eigenvalue weighted by Crippen LogP contribution is 2.29. The first-order valence-electron chi connectivity index (χ1n) is 10.5. The van der Waals surface area contributed by atoms with E-state index in [-0.39, 0.29) is 18.5 Å². The monoisotopic (exact) mass is 461 g/mol. The number of hydrogen-bond donors (Lipinski definition) is 1. The number of piperazine rings is 1. The highest BCUT2D eigenvalue weighted by molar-refractivity contribution is 7.89. The number of nitrogens with one attached hydrogen (secondary N) is 1. The summed E-state index contributed by atoms with van der Waals surface area (Å²) in [5.74, 6) is 1.21. The minimum Gasteiger partial charge on any atom is -0.497 e. The highest BCUT2D eigenvalue weighted by Gasteiger charge is 2.29. The fourth-order valence-electron chi connectivity index (χ4n) is 3.73. The molecule has 3 rings (SSSR count). The van der Waals surface area contributed by atoms with Crippen molar-refractivity contribution < 1.29 is 22.7 Å².